The molecule has 7 heteroatoms. The molecule has 0 saturated carbocycles. The van der Waals surface area contributed by atoms with Crippen molar-refractivity contribution >= 4 is 35.3 Å². The van der Waals surface area contributed by atoms with Crippen molar-refractivity contribution in [2.24, 2.45) is 0 Å². The first kappa shape index (κ1) is 34.4. The van der Waals surface area contributed by atoms with E-state index < -0.39 is 17.9 Å². The maximum absolute atomic E-state index is 9.85. The molecule has 165 valence electrons. The van der Waals surface area contributed by atoms with Gasteiger partial charge in [-0.2, -0.15) is 0 Å². The van der Waals surface area contributed by atoms with Crippen LogP contribution in [0.2, 0.25) is 0 Å². The fourth-order valence-corrected chi connectivity index (χ4v) is 2.09. The lowest BCUT2D eigenvalue weighted by atomic mass is 10.2. The van der Waals surface area contributed by atoms with E-state index in [-0.39, 0.29) is 36.6 Å². The molecule has 0 aliphatic carbocycles. The largest absolute Gasteiger partial charge is 0.550 e. The summed E-state index contributed by atoms with van der Waals surface area (Å²) >= 11 is 0. The molecule has 0 bridgehead atoms. The van der Waals surface area contributed by atoms with Gasteiger partial charge in [0, 0.05) is 35.3 Å². The monoisotopic (exact) mass is 414 g/mol. The van der Waals surface area contributed by atoms with Gasteiger partial charge in [0.15, 0.2) is 0 Å². The molecule has 0 atom stereocenters. The van der Waals surface area contributed by atoms with Gasteiger partial charge in [-0.25, -0.2) is 0 Å². The molecule has 0 aliphatic heterocycles. The summed E-state index contributed by atoms with van der Waals surface area (Å²) in [6.07, 6.45) is 12.9. The predicted molar refractivity (Wildman–Crippen MR) is 107 cm³/mol. The van der Waals surface area contributed by atoms with Crippen molar-refractivity contribution in [3.8, 4) is 0 Å². The third-order valence-corrected chi connectivity index (χ3v) is 3.70. The van der Waals surface area contributed by atoms with Gasteiger partial charge in [-0.1, -0.05) is 78.6 Å². The molecule has 0 aliphatic rings. The quantitative estimate of drug-likeness (QED) is 0.297. The van der Waals surface area contributed by atoms with Gasteiger partial charge in [0.05, 0.1) is 0 Å². The summed E-state index contributed by atoms with van der Waals surface area (Å²) in [5, 5.41) is 29.6. The zero-order valence-corrected chi connectivity index (χ0v) is 19.3. The van der Waals surface area contributed by atoms with Crippen LogP contribution < -0.4 is 15.3 Å². The van der Waals surface area contributed by atoms with E-state index in [0.29, 0.717) is 0 Å². The molecule has 0 heterocycles. The molecule has 6 nitrogen and oxygen atoms in total. The average Bonchev–Trinajstić information content (AvgIpc) is 2.60. The van der Waals surface area contributed by atoms with E-state index in [0.717, 1.165) is 77.0 Å². The van der Waals surface area contributed by atoms with Crippen LogP contribution in [0.1, 0.15) is 117 Å². The van der Waals surface area contributed by atoms with Crippen LogP contribution in [-0.4, -0.2) is 35.3 Å². The van der Waals surface area contributed by atoms with Crippen LogP contribution >= 0.6 is 0 Å². The fourth-order valence-electron chi connectivity index (χ4n) is 2.09. The molecule has 3 radical (unpaired) electrons. The fraction of sp³-hybridized carbons (Fsp3) is 0.857. The van der Waals surface area contributed by atoms with Crippen LogP contribution in [0.5, 0.6) is 0 Å². The number of rotatable bonds is 15. The van der Waals surface area contributed by atoms with Crippen molar-refractivity contribution in [1.82, 2.24) is 0 Å². The molecule has 0 saturated heterocycles. The number of carboxylic acid groups (broad SMARTS) is 3. The summed E-state index contributed by atoms with van der Waals surface area (Å²) in [5.74, 6) is -2.77. The molecular weight excluding hydrogens is 375 g/mol. The van der Waals surface area contributed by atoms with Gasteiger partial charge in [-0.3, -0.25) is 0 Å². The summed E-state index contributed by atoms with van der Waals surface area (Å²) < 4.78 is 0. The number of carboxylic acids is 3. The van der Waals surface area contributed by atoms with Crippen molar-refractivity contribution in [3.05, 3.63) is 0 Å². The van der Waals surface area contributed by atoms with Crippen LogP contribution in [0.25, 0.3) is 0 Å². The van der Waals surface area contributed by atoms with Gasteiger partial charge in [0.1, 0.15) is 0 Å². The van der Waals surface area contributed by atoms with E-state index in [1.165, 1.54) is 0 Å². The first-order chi connectivity index (χ1) is 12.8. The molecular formula is C21H39AlO6-3. The van der Waals surface area contributed by atoms with Gasteiger partial charge in [0.25, 0.3) is 0 Å². The maximum atomic E-state index is 9.85. The Kier molecular flexibility index (Phi) is 37.7. The lowest BCUT2D eigenvalue weighted by Gasteiger charge is -1.99. The first-order valence-electron chi connectivity index (χ1n) is 10.4. The number of carbonyl (C=O) groups excluding carboxylic acids is 3. The molecule has 0 spiro atoms. The van der Waals surface area contributed by atoms with Crippen molar-refractivity contribution in [1.29, 1.82) is 0 Å². The molecule has 0 aromatic heterocycles. The van der Waals surface area contributed by atoms with E-state index in [1.807, 2.05) is 0 Å². The lowest BCUT2D eigenvalue weighted by Crippen LogP contribution is -2.21. The van der Waals surface area contributed by atoms with Crippen molar-refractivity contribution < 1.29 is 29.7 Å². The number of hydrogen-bond acceptors (Lipinski definition) is 6. The summed E-state index contributed by atoms with van der Waals surface area (Å²) in [5.41, 5.74) is 0. The summed E-state index contributed by atoms with van der Waals surface area (Å²) in [7, 11) is 0. The van der Waals surface area contributed by atoms with Gasteiger partial charge in [-0.05, 0) is 38.5 Å². The maximum Gasteiger partial charge on any atom is 0.0414 e. The Labute approximate surface area is 182 Å². The van der Waals surface area contributed by atoms with Crippen molar-refractivity contribution in [2.75, 3.05) is 0 Å². The van der Waals surface area contributed by atoms with E-state index in [4.69, 9.17) is 0 Å². The highest BCUT2D eigenvalue weighted by Gasteiger charge is 1.88. The summed E-state index contributed by atoms with van der Waals surface area (Å²) in [6.45, 7) is 6.29. The minimum absolute atomic E-state index is 0. The standard InChI is InChI=1S/3C7H14O2.Al/c3*1-2-3-4-5-6-7(8)9;/h3*2-6H2,1H3,(H,8,9);/p-3. The highest BCUT2D eigenvalue weighted by Crippen LogP contribution is 2.01. The molecule has 0 fully saturated rings. The molecule has 0 aromatic rings. The predicted octanol–water partition coefficient (Wildman–Crippen LogP) is 1.74. The Hall–Kier alpha value is -1.06. The third kappa shape index (κ3) is 49.8. The zero-order chi connectivity index (χ0) is 21.3. The highest BCUT2D eigenvalue weighted by atomic mass is 27.0. The van der Waals surface area contributed by atoms with E-state index in [2.05, 4.69) is 20.8 Å². The molecule has 0 unspecified atom stereocenters. The van der Waals surface area contributed by atoms with E-state index >= 15 is 0 Å². The second-order valence-corrected chi connectivity index (χ2v) is 6.55. The van der Waals surface area contributed by atoms with E-state index in [9.17, 15) is 29.7 Å². The molecule has 28 heavy (non-hydrogen) atoms. The third-order valence-electron chi connectivity index (χ3n) is 3.70. The second-order valence-electron chi connectivity index (χ2n) is 6.55. The number of aliphatic carboxylic acids is 3. The Morgan fingerprint density at radius 2 is 0.679 bits per heavy atom. The average molecular weight is 415 g/mol. The molecule has 0 amide bonds. The minimum atomic E-state index is -0.925. The summed E-state index contributed by atoms with van der Waals surface area (Å²) in [6, 6.07) is 0. The Bertz CT molecular complexity index is 295. The first-order valence-corrected chi connectivity index (χ1v) is 10.4. The van der Waals surface area contributed by atoms with Gasteiger partial charge >= 0.3 is 0 Å². The van der Waals surface area contributed by atoms with Crippen LogP contribution in [0.3, 0.4) is 0 Å². The van der Waals surface area contributed by atoms with Crippen LogP contribution in [0, 0.1) is 0 Å². The van der Waals surface area contributed by atoms with Gasteiger partial charge in [0.2, 0.25) is 0 Å². The molecule has 0 aromatic carbocycles. The van der Waals surface area contributed by atoms with Crippen LogP contribution in [0.4, 0.5) is 0 Å². The topological polar surface area (TPSA) is 120 Å². The zero-order valence-electron chi connectivity index (χ0n) is 18.1. The SMILES string of the molecule is CCCCCCC(=O)[O-].CCCCCCC(=O)[O-].CCCCCCC(=O)[O-].[Al]. The van der Waals surface area contributed by atoms with Crippen LogP contribution in [0.15, 0.2) is 0 Å². The second kappa shape index (κ2) is 30.7. The highest BCUT2D eigenvalue weighted by molar-refractivity contribution is 5.75. The Balaban J connectivity index is -0.000000152. The number of hydrogen-bond donors (Lipinski definition) is 0. The van der Waals surface area contributed by atoms with Crippen molar-refractivity contribution in [2.45, 2.75) is 117 Å². The van der Waals surface area contributed by atoms with Crippen LogP contribution in [-0.2, 0) is 14.4 Å². The van der Waals surface area contributed by atoms with Gasteiger partial charge in [-0.15, -0.1) is 0 Å². The normalized spacial score (nSPS) is 9.11. The summed E-state index contributed by atoms with van der Waals surface area (Å²) in [4.78, 5) is 29.6. The Morgan fingerprint density at radius 1 is 0.464 bits per heavy atom. The molecule has 0 rings (SSSR count). The van der Waals surface area contributed by atoms with E-state index in [1.54, 1.807) is 0 Å². The Morgan fingerprint density at radius 3 is 0.821 bits per heavy atom. The molecule has 0 N–H and O–H groups in total. The number of unbranched alkanes of at least 4 members (excludes halogenated alkanes) is 9. The number of carbonyl (C=O) groups is 3. The minimum Gasteiger partial charge on any atom is -0.550 e. The van der Waals surface area contributed by atoms with Crippen molar-refractivity contribution in [3.63, 3.8) is 0 Å². The van der Waals surface area contributed by atoms with Gasteiger partial charge < -0.3 is 29.7 Å². The lowest BCUT2D eigenvalue weighted by molar-refractivity contribution is -0.307. The smallest absolute Gasteiger partial charge is 0.0414 e.